The summed E-state index contributed by atoms with van der Waals surface area (Å²) >= 11 is 5.90. The van der Waals surface area contributed by atoms with E-state index in [0.717, 1.165) is 12.2 Å². The first-order valence-corrected chi connectivity index (χ1v) is 4.29. The second-order valence-electron chi connectivity index (χ2n) is 2.65. The quantitative estimate of drug-likeness (QED) is 0.449. The Bertz CT molecular complexity index is 260. The smallest absolute Gasteiger partial charge is 0.278 e. The average molecular weight is 222 g/mol. The fraction of sp³-hybridized carbons (Fsp3) is 0.444. The van der Waals surface area contributed by atoms with E-state index in [-0.39, 0.29) is 12.4 Å². The third-order valence-electron chi connectivity index (χ3n) is 1.85. The highest BCUT2D eigenvalue weighted by Gasteiger charge is 2.10. The number of methoxy groups -OCH3 is 1. The van der Waals surface area contributed by atoms with Crippen LogP contribution in [-0.4, -0.2) is 7.11 Å². The van der Waals surface area contributed by atoms with Gasteiger partial charge in [-0.25, -0.2) is 0 Å². The lowest BCUT2D eigenvalue weighted by Crippen LogP contribution is -3.00. The number of hydrogen-bond acceptors (Lipinski definition) is 1. The molecule has 0 atom stereocenters. The molecule has 0 aliphatic heterocycles. The number of halogens is 2. The van der Waals surface area contributed by atoms with Crippen LogP contribution < -0.4 is 21.7 Å². The van der Waals surface area contributed by atoms with Gasteiger partial charge < -0.3 is 17.1 Å². The van der Waals surface area contributed by atoms with Gasteiger partial charge in [-0.1, -0.05) is 6.92 Å². The Morgan fingerprint density at radius 2 is 2.15 bits per heavy atom. The summed E-state index contributed by atoms with van der Waals surface area (Å²) in [6, 6.07) is 1.83. The summed E-state index contributed by atoms with van der Waals surface area (Å²) in [6.45, 7) is 2.09. The second-order valence-corrected chi connectivity index (χ2v) is 3.04. The normalized spacial score (nSPS) is 9.23. The third-order valence-corrected chi connectivity index (χ3v) is 2.23. The van der Waals surface area contributed by atoms with Gasteiger partial charge in [-0.05, 0) is 18.0 Å². The molecule has 0 spiro atoms. The Balaban J connectivity index is 0.00000144. The van der Waals surface area contributed by atoms with Crippen LogP contribution in [0.2, 0.25) is 5.15 Å². The zero-order valence-corrected chi connectivity index (χ0v) is 9.49. The van der Waals surface area contributed by atoms with Gasteiger partial charge in [0.15, 0.2) is 6.20 Å². The lowest BCUT2D eigenvalue weighted by Gasteiger charge is -2.04. The van der Waals surface area contributed by atoms with Crippen LogP contribution in [0.1, 0.15) is 12.5 Å². The Morgan fingerprint density at radius 3 is 2.62 bits per heavy atom. The fourth-order valence-electron chi connectivity index (χ4n) is 1.12. The van der Waals surface area contributed by atoms with Crippen LogP contribution >= 0.6 is 11.6 Å². The molecule has 0 unspecified atom stereocenters. The van der Waals surface area contributed by atoms with E-state index >= 15 is 0 Å². The van der Waals surface area contributed by atoms with Crippen LogP contribution in [0.5, 0.6) is 5.75 Å². The fourth-order valence-corrected chi connectivity index (χ4v) is 1.27. The topological polar surface area (TPSA) is 13.1 Å². The van der Waals surface area contributed by atoms with Crippen molar-refractivity contribution in [2.75, 3.05) is 7.11 Å². The van der Waals surface area contributed by atoms with E-state index in [1.54, 1.807) is 7.11 Å². The van der Waals surface area contributed by atoms with E-state index < -0.39 is 0 Å². The molecular weight excluding hydrogens is 209 g/mol. The van der Waals surface area contributed by atoms with Crippen molar-refractivity contribution < 1.29 is 21.7 Å². The minimum atomic E-state index is 0. The van der Waals surface area contributed by atoms with Gasteiger partial charge in [0.25, 0.3) is 5.15 Å². The van der Waals surface area contributed by atoms with Gasteiger partial charge in [-0.15, -0.1) is 0 Å². The van der Waals surface area contributed by atoms with Crippen molar-refractivity contribution in [2.24, 2.45) is 7.05 Å². The molecule has 0 aliphatic carbocycles. The Kier molecular flexibility index (Phi) is 5.11. The molecule has 0 N–H and O–H groups in total. The standard InChI is InChI=1S/C9H13ClNO.ClH/c1-4-7-6-11(2)9(10)5-8(7)12-3;/h5-6H,4H2,1-3H3;1H/q+1;/p-1. The van der Waals surface area contributed by atoms with Gasteiger partial charge in [-0.3, -0.25) is 0 Å². The number of ether oxygens (including phenoxy) is 1. The van der Waals surface area contributed by atoms with Gasteiger partial charge in [-0.2, -0.15) is 4.57 Å². The second kappa shape index (κ2) is 5.30. The van der Waals surface area contributed by atoms with Crippen molar-refractivity contribution in [2.45, 2.75) is 13.3 Å². The van der Waals surface area contributed by atoms with Gasteiger partial charge in [0, 0.05) is 0 Å². The third kappa shape index (κ3) is 2.75. The van der Waals surface area contributed by atoms with Crippen LogP contribution in [-0.2, 0) is 13.5 Å². The molecule has 1 heterocycles. The minimum absolute atomic E-state index is 0. The largest absolute Gasteiger partial charge is 1.00 e. The summed E-state index contributed by atoms with van der Waals surface area (Å²) in [5.74, 6) is 0.862. The van der Waals surface area contributed by atoms with Crippen LogP contribution in [0.25, 0.3) is 0 Å². The van der Waals surface area contributed by atoms with Gasteiger partial charge in [0.05, 0.1) is 18.7 Å². The Morgan fingerprint density at radius 1 is 1.54 bits per heavy atom. The van der Waals surface area contributed by atoms with Crippen LogP contribution in [0, 0.1) is 0 Å². The van der Waals surface area contributed by atoms with Crippen LogP contribution in [0.15, 0.2) is 12.3 Å². The zero-order valence-electron chi connectivity index (χ0n) is 7.97. The Labute approximate surface area is 89.9 Å². The molecule has 0 aromatic carbocycles. The molecule has 74 valence electrons. The summed E-state index contributed by atoms with van der Waals surface area (Å²) in [5.41, 5.74) is 1.17. The van der Waals surface area contributed by atoms with Crippen LogP contribution in [0.3, 0.4) is 0 Å². The summed E-state index contributed by atoms with van der Waals surface area (Å²) in [7, 11) is 3.58. The summed E-state index contributed by atoms with van der Waals surface area (Å²) in [4.78, 5) is 0. The predicted molar refractivity (Wildman–Crippen MR) is 48.6 cm³/mol. The lowest BCUT2D eigenvalue weighted by atomic mass is 10.2. The van der Waals surface area contributed by atoms with Gasteiger partial charge in [0.2, 0.25) is 0 Å². The van der Waals surface area contributed by atoms with E-state index in [1.807, 2.05) is 23.9 Å². The number of nitrogens with zero attached hydrogens (tertiary/aromatic N) is 1. The number of rotatable bonds is 2. The summed E-state index contributed by atoms with van der Waals surface area (Å²) in [5, 5.41) is 0.684. The van der Waals surface area contributed by atoms with E-state index in [2.05, 4.69) is 6.92 Å². The Hall–Kier alpha value is -0.470. The molecule has 2 nitrogen and oxygen atoms in total. The molecule has 1 rings (SSSR count). The summed E-state index contributed by atoms with van der Waals surface area (Å²) in [6.07, 6.45) is 2.94. The number of aromatic nitrogens is 1. The van der Waals surface area contributed by atoms with Crippen molar-refractivity contribution in [3.05, 3.63) is 23.0 Å². The van der Waals surface area contributed by atoms with E-state index in [0.29, 0.717) is 5.15 Å². The molecule has 0 amide bonds. The maximum absolute atomic E-state index is 5.90. The molecule has 0 aliphatic rings. The number of aryl methyl sites for hydroxylation is 2. The zero-order chi connectivity index (χ0) is 9.14. The van der Waals surface area contributed by atoms with E-state index in [4.69, 9.17) is 16.3 Å². The average Bonchev–Trinajstić information content (AvgIpc) is 2.09. The van der Waals surface area contributed by atoms with E-state index in [9.17, 15) is 0 Å². The molecule has 13 heavy (non-hydrogen) atoms. The van der Waals surface area contributed by atoms with Crippen molar-refractivity contribution in [3.63, 3.8) is 0 Å². The van der Waals surface area contributed by atoms with Gasteiger partial charge >= 0.3 is 0 Å². The summed E-state index contributed by atoms with van der Waals surface area (Å²) < 4.78 is 7.05. The molecular formula is C9H13Cl2NO. The molecule has 1 aromatic rings. The minimum Gasteiger partial charge on any atom is -1.00 e. The van der Waals surface area contributed by atoms with E-state index in [1.165, 1.54) is 5.56 Å². The van der Waals surface area contributed by atoms with Crippen molar-refractivity contribution in [1.29, 1.82) is 0 Å². The van der Waals surface area contributed by atoms with Crippen molar-refractivity contribution in [3.8, 4) is 5.75 Å². The monoisotopic (exact) mass is 221 g/mol. The molecule has 1 aromatic heterocycles. The maximum atomic E-state index is 5.90. The number of pyridine rings is 1. The van der Waals surface area contributed by atoms with Crippen LogP contribution in [0.4, 0.5) is 0 Å². The van der Waals surface area contributed by atoms with Gasteiger partial charge in [0.1, 0.15) is 12.8 Å². The molecule has 0 saturated carbocycles. The van der Waals surface area contributed by atoms with Crippen molar-refractivity contribution >= 4 is 11.6 Å². The first-order chi connectivity index (χ1) is 5.69. The molecule has 0 fully saturated rings. The lowest BCUT2D eigenvalue weighted by molar-refractivity contribution is -0.669. The highest BCUT2D eigenvalue weighted by molar-refractivity contribution is 6.28. The molecule has 0 bridgehead atoms. The molecule has 0 saturated heterocycles. The first-order valence-electron chi connectivity index (χ1n) is 3.91. The number of hydrogen-bond donors (Lipinski definition) is 0. The highest BCUT2D eigenvalue weighted by Crippen LogP contribution is 2.19. The molecule has 4 heteroatoms. The maximum Gasteiger partial charge on any atom is 0.278 e. The molecule has 0 radical (unpaired) electrons. The highest BCUT2D eigenvalue weighted by atomic mass is 35.5. The predicted octanol–water partition coefficient (Wildman–Crippen LogP) is -1.26. The first kappa shape index (κ1) is 12.5. The van der Waals surface area contributed by atoms with Crippen molar-refractivity contribution in [1.82, 2.24) is 0 Å². The SMILES string of the molecule is CCc1c[n+](C)c(Cl)cc1OC.[Cl-].